The molecule has 22 heavy (non-hydrogen) atoms. The zero-order valence-electron chi connectivity index (χ0n) is 14.2. The predicted molar refractivity (Wildman–Crippen MR) is 91.9 cm³/mol. The number of carbonyl (C=O) groups excluding carboxylic acids is 1. The second kappa shape index (κ2) is 7.14. The van der Waals surface area contributed by atoms with E-state index in [4.69, 9.17) is 5.73 Å². The Morgan fingerprint density at radius 3 is 2.64 bits per heavy atom. The molecule has 1 aliphatic rings. The van der Waals surface area contributed by atoms with Gasteiger partial charge in [0.15, 0.2) is 0 Å². The van der Waals surface area contributed by atoms with E-state index in [1.165, 1.54) is 6.42 Å². The Bertz CT molecular complexity index is 519. The quantitative estimate of drug-likeness (QED) is 0.841. The molecule has 0 spiro atoms. The zero-order valence-corrected chi connectivity index (χ0v) is 14.2. The van der Waals surface area contributed by atoms with E-state index in [2.05, 4.69) is 31.0 Å². The van der Waals surface area contributed by atoms with Crippen molar-refractivity contribution in [1.82, 2.24) is 10.2 Å². The van der Waals surface area contributed by atoms with Crippen LogP contribution in [0.4, 0.5) is 5.69 Å². The molecule has 1 fully saturated rings. The summed E-state index contributed by atoms with van der Waals surface area (Å²) in [6.07, 6.45) is 1.31. The molecule has 3 N–H and O–H groups in total. The maximum atomic E-state index is 12.4. The maximum Gasteiger partial charge on any atom is 0.251 e. The standard InChI is InChI=1S/C18H29N3O/c1-12-7-13(2)10-21(9-12)11-15(4)20-18(22)17-8-16(19)6-5-14(17)3/h5-6,8,12-13,15H,7,9-11,19H2,1-4H3,(H,20,22). The average molecular weight is 303 g/mol. The van der Waals surface area contributed by atoms with Gasteiger partial charge in [-0.05, 0) is 49.8 Å². The zero-order chi connectivity index (χ0) is 16.3. The monoisotopic (exact) mass is 303 g/mol. The minimum Gasteiger partial charge on any atom is -0.399 e. The minimum absolute atomic E-state index is 0.0320. The lowest BCUT2D eigenvalue weighted by molar-refractivity contribution is 0.0904. The number of carbonyl (C=O) groups is 1. The summed E-state index contributed by atoms with van der Waals surface area (Å²) in [6.45, 7) is 11.8. The molecule has 1 aromatic rings. The highest BCUT2D eigenvalue weighted by Gasteiger charge is 2.23. The van der Waals surface area contributed by atoms with Gasteiger partial charge in [0.1, 0.15) is 0 Å². The molecule has 122 valence electrons. The molecule has 0 radical (unpaired) electrons. The third-order valence-electron chi connectivity index (χ3n) is 4.36. The van der Waals surface area contributed by atoms with Gasteiger partial charge in [0.2, 0.25) is 0 Å². The van der Waals surface area contributed by atoms with Gasteiger partial charge in [-0.15, -0.1) is 0 Å². The molecule has 1 amide bonds. The van der Waals surface area contributed by atoms with Crippen LogP contribution in [-0.4, -0.2) is 36.5 Å². The van der Waals surface area contributed by atoms with Gasteiger partial charge < -0.3 is 16.0 Å². The molecular formula is C18H29N3O. The molecule has 3 unspecified atom stereocenters. The van der Waals surface area contributed by atoms with Crippen LogP contribution < -0.4 is 11.1 Å². The largest absolute Gasteiger partial charge is 0.399 e. The van der Waals surface area contributed by atoms with Crippen LogP contribution >= 0.6 is 0 Å². The molecule has 4 nitrogen and oxygen atoms in total. The maximum absolute atomic E-state index is 12.4. The highest BCUT2D eigenvalue weighted by atomic mass is 16.1. The van der Waals surface area contributed by atoms with Crippen molar-refractivity contribution >= 4 is 11.6 Å². The topological polar surface area (TPSA) is 58.4 Å². The van der Waals surface area contributed by atoms with Crippen LogP contribution in [0.3, 0.4) is 0 Å². The van der Waals surface area contributed by atoms with Crippen LogP contribution in [0.25, 0.3) is 0 Å². The number of aryl methyl sites for hydroxylation is 1. The van der Waals surface area contributed by atoms with Crippen LogP contribution in [0.2, 0.25) is 0 Å². The third-order valence-corrected chi connectivity index (χ3v) is 4.36. The molecule has 0 aliphatic carbocycles. The van der Waals surface area contributed by atoms with Crippen molar-refractivity contribution in [2.75, 3.05) is 25.4 Å². The fourth-order valence-electron chi connectivity index (χ4n) is 3.56. The van der Waals surface area contributed by atoms with Crippen molar-refractivity contribution in [3.05, 3.63) is 29.3 Å². The number of rotatable bonds is 4. The van der Waals surface area contributed by atoms with Gasteiger partial charge in [-0.3, -0.25) is 4.79 Å². The SMILES string of the molecule is Cc1ccc(N)cc1C(=O)NC(C)CN1CC(C)CC(C)C1. The number of hydrogen-bond donors (Lipinski definition) is 2. The third kappa shape index (κ3) is 4.47. The van der Waals surface area contributed by atoms with E-state index in [1.54, 1.807) is 6.07 Å². The van der Waals surface area contributed by atoms with Gasteiger partial charge in [0.05, 0.1) is 0 Å². The Morgan fingerprint density at radius 2 is 2.00 bits per heavy atom. The first-order valence-corrected chi connectivity index (χ1v) is 8.24. The minimum atomic E-state index is -0.0320. The van der Waals surface area contributed by atoms with Crippen LogP contribution in [0, 0.1) is 18.8 Å². The van der Waals surface area contributed by atoms with Crippen molar-refractivity contribution in [2.24, 2.45) is 11.8 Å². The van der Waals surface area contributed by atoms with Crippen molar-refractivity contribution in [2.45, 2.75) is 40.2 Å². The van der Waals surface area contributed by atoms with Gasteiger partial charge >= 0.3 is 0 Å². The number of nitrogen functional groups attached to an aromatic ring is 1. The summed E-state index contributed by atoms with van der Waals surface area (Å²) in [5.41, 5.74) is 8.05. The fourth-order valence-corrected chi connectivity index (χ4v) is 3.56. The molecule has 1 aromatic carbocycles. The Balaban J connectivity index is 1.92. The summed E-state index contributed by atoms with van der Waals surface area (Å²) in [6, 6.07) is 5.60. The van der Waals surface area contributed by atoms with Gasteiger partial charge in [0.25, 0.3) is 5.91 Å². The van der Waals surface area contributed by atoms with E-state index < -0.39 is 0 Å². The van der Waals surface area contributed by atoms with E-state index in [-0.39, 0.29) is 11.9 Å². The molecule has 3 atom stereocenters. The molecule has 0 saturated carbocycles. The second-order valence-corrected chi connectivity index (χ2v) is 7.11. The highest BCUT2D eigenvalue weighted by molar-refractivity contribution is 5.96. The van der Waals surface area contributed by atoms with E-state index in [0.29, 0.717) is 11.3 Å². The van der Waals surface area contributed by atoms with Crippen LogP contribution in [0.15, 0.2) is 18.2 Å². The molecule has 0 aromatic heterocycles. The number of piperidine rings is 1. The number of nitrogens with zero attached hydrogens (tertiary/aromatic N) is 1. The fraction of sp³-hybridized carbons (Fsp3) is 0.611. The van der Waals surface area contributed by atoms with Crippen molar-refractivity contribution in [3.63, 3.8) is 0 Å². The van der Waals surface area contributed by atoms with Crippen LogP contribution in [0.5, 0.6) is 0 Å². The second-order valence-electron chi connectivity index (χ2n) is 7.11. The van der Waals surface area contributed by atoms with Gasteiger partial charge in [-0.25, -0.2) is 0 Å². The van der Waals surface area contributed by atoms with E-state index in [0.717, 1.165) is 37.0 Å². The lowest BCUT2D eigenvalue weighted by Gasteiger charge is -2.36. The molecule has 2 rings (SSSR count). The number of nitrogens with two attached hydrogens (primary N) is 1. The number of hydrogen-bond acceptors (Lipinski definition) is 3. The lowest BCUT2D eigenvalue weighted by atomic mass is 9.92. The summed E-state index contributed by atoms with van der Waals surface area (Å²) in [5.74, 6) is 1.45. The first-order valence-electron chi connectivity index (χ1n) is 8.24. The first-order chi connectivity index (χ1) is 10.3. The summed E-state index contributed by atoms with van der Waals surface area (Å²) in [7, 11) is 0. The molecule has 1 heterocycles. The number of likely N-dealkylation sites (tertiary alicyclic amines) is 1. The van der Waals surface area contributed by atoms with Crippen molar-refractivity contribution < 1.29 is 4.79 Å². The summed E-state index contributed by atoms with van der Waals surface area (Å²) >= 11 is 0. The van der Waals surface area contributed by atoms with Gasteiger partial charge in [0, 0.05) is 36.9 Å². The van der Waals surface area contributed by atoms with E-state index in [9.17, 15) is 4.79 Å². The Morgan fingerprint density at radius 1 is 1.36 bits per heavy atom. The van der Waals surface area contributed by atoms with Gasteiger partial charge in [-0.2, -0.15) is 0 Å². The summed E-state index contributed by atoms with van der Waals surface area (Å²) in [4.78, 5) is 14.9. The average Bonchev–Trinajstić information content (AvgIpc) is 2.39. The Hall–Kier alpha value is -1.55. The number of anilines is 1. The number of amides is 1. The molecule has 0 bridgehead atoms. The molecule has 1 saturated heterocycles. The Kier molecular flexibility index (Phi) is 5.46. The number of nitrogens with one attached hydrogen (secondary N) is 1. The predicted octanol–water partition coefficient (Wildman–Crippen LogP) is 2.67. The normalized spacial score (nSPS) is 24.0. The summed E-state index contributed by atoms with van der Waals surface area (Å²) in [5, 5.41) is 3.11. The van der Waals surface area contributed by atoms with E-state index >= 15 is 0 Å². The van der Waals surface area contributed by atoms with Crippen LogP contribution in [0.1, 0.15) is 43.1 Å². The van der Waals surface area contributed by atoms with Crippen LogP contribution in [-0.2, 0) is 0 Å². The van der Waals surface area contributed by atoms with Crippen molar-refractivity contribution in [1.29, 1.82) is 0 Å². The number of benzene rings is 1. The summed E-state index contributed by atoms with van der Waals surface area (Å²) < 4.78 is 0. The smallest absolute Gasteiger partial charge is 0.251 e. The first kappa shape index (κ1) is 16.8. The highest BCUT2D eigenvalue weighted by Crippen LogP contribution is 2.21. The van der Waals surface area contributed by atoms with E-state index in [1.807, 2.05) is 19.1 Å². The lowest BCUT2D eigenvalue weighted by Crippen LogP contribution is -2.47. The van der Waals surface area contributed by atoms with Gasteiger partial charge in [-0.1, -0.05) is 19.9 Å². The molecular weight excluding hydrogens is 274 g/mol. The Labute approximate surface area is 134 Å². The van der Waals surface area contributed by atoms with Crippen molar-refractivity contribution in [3.8, 4) is 0 Å². The molecule has 4 heteroatoms. The molecule has 1 aliphatic heterocycles.